The van der Waals surface area contributed by atoms with E-state index in [1.165, 1.54) is 33.4 Å². The standard InChI is InChI=1S/C33H29N3O2.C32H28N4O2/c1-4-27-20-35-33(36-27)31-17-16-29(19-32(31)38-21-24-10-8-14-28(18-24)34-3)37-22-26-13-9-15-30(23(26)2)25-11-6-5-7-12-25;1-22-25(11-7-13-29(22)24-9-4-3-5-10-24)21-37-28-14-15-30(32-35-19-27(18-33)36-32)31(17-28)38-20-23-8-6-12-26(16-23)34-2/h5-20H,4,21-22H2,1-2H3,(H,35,36);3-17,19H,18,20-21,33H2,1H3,(H,35,36). The van der Waals surface area contributed by atoms with E-state index in [-0.39, 0.29) is 0 Å². The number of ether oxygens (including phenoxy) is 4. The summed E-state index contributed by atoms with van der Waals surface area (Å²) in [6.45, 7) is 22.8. The molecule has 0 bridgehead atoms. The number of nitrogens with zero attached hydrogens (tertiary/aromatic N) is 4. The number of hydrogen-bond acceptors (Lipinski definition) is 7. The largest absolute Gasteiger partial charge is 0.489 e. The maximum Gasteiger partial charge on any atom is 0.187 e. The molecule has 10 rings (SSSR count). The SMILES string of the molecule is [C-]#[N+]c1cccc(COc2cc(OCc3cccc(-c4ccccc4)c3C)ccc2-c2ncc(CC)[nH]2)c1.[C-]#[N+]c1cccc(COc2cc(OCc3cccc(-c4ccccc4)c3C)ccc2-c2ncc(CN)[nH]2)c1. The Morgan fingerprint density at radius 1 is 0.461 bits per heavy atom. The summed E-state index contributed by atoms with van der Waals surface area (Å²) in [6.07, 6.45) is 4.45. The number of nitrogens with one attached hydrogen (secondary N) is 2. The van der Waals surface area contributed by atoms with Gasteiger partial charge in [0.25, 0.3) is 0 Å². The zero-order chi connectivity index (χ0) is 52.6. The number of nitrogens with two attached hydrogens (primary N) is 1. The predicted molar refractivity (Wildman–Crippen MR) is 301 cm³/mol. The summed E-state index contributed by atoms with van der Waals surface area (Å²) in [5.74, 6) is 4.13. The lowest BCUT2D eigenvalue weighted by Gasteiger charge is -2.15. The molecule has 0 aliphatic rings. The van der Waals surface area contributed by atoms with Crippen LogP contribution in [0.25, 0.3) is 54.7 Å². The van der Waals surface area contributed by atoms with Crippen LogP contribution in [0.15, 0.2) is 194 Å². The molecule has 11 heteroatoms. The quantitative estimate of drug-likeness (QED) is 0.0730. The van der Waals surface area contributed by atoms with Gasteiger partial charge >= 0.3 is 0 Å². The second kappa shape index (κ2) is 24.8. The van der Waals surface area contributed by atoms with Gasteiger partial charge in [-0.1, -0.05) is 140 Å². The molecule has 0 saturated carbocycles. The van der Waals surface area contributed by atoms with Crippen LogP contribution in [0, 0.1) is 27.0 Å². The molecule has 76 heavy (non-hydrogen) atoms. The molecule has 10 aromatic rings. The first-order chi connectivity index (χ1) is 37.3. The summed E-state index contributed by atoms with van der Waals surface area (Å²) in [5, 5.41) is 0. The molecular weight excluding hydrogens is 943 g/mol. The summed E-state index contributed by atoms with van der Waals surface area (Å²) >= 11 is 0. The van der Waals surface area contributed by atoms with E-state index >= 15 is 0 Å². The second-order valence-corrected chi connectivity index (χ2v) is 18.0. The second-order valence-electron chi connectivity index (χ2n) is 18.0. The Labute approximate surface area is 444 Å². The van der Waals surface area contributed by atoms with E-state index in [9.17, 15) is 0 Å². The first kappa shape index (κ1) is 51.2. The van der Waals surface area contributed by atoms with E-state index in [0.717, 1.165) is 57.0 Å². The Bertz CT molecular complexity index is 3410. The van der Waals surface area contributed by atoms with E-state index in [1.54, 1.807) is 18.3 Å². The molecule has 0 fully saturated rings. The van der Waals surface area contributed by atoms with Gasteiger partial charge in [-0.15, -0.1) is 0 Å². The van der Waals surface area contributed by atoms with Crippen LogP contribution in [-0.2, 0) is 39.4 Å². The molecule has 0 atom stereocenters. The van der Waals surface area contributed by atoms with E-state index in [1.807, 2.05) is 91.1 Å². The first-order valence-corrected chi connectivity index (χ1v) is 25.1. The summed E-state index contributed by atoms with van der Waals surface area (Å²) in [6, 6.07) is 59.8. The van der Waals surface area contributed by atoms with E-state index in [4.69, 9.17) is 37.8 Å². The number of aromatic amines is 2. The third kappa shape index (κ3) is 12.7. The van der Waals surface area contributed by atoms with Gasteiger partial charge in [-0.25, -0.2) is 19.7 Å². The lowest BCUT2D eigenvalue weighted by molar-refractivity contribution is 0.290. The van der Waals surface area contributed by atoms with Crippen LogP contribution >= 0.6 is 0 Å². The zero-order valence-electron chi connectivity index (χ0n) is 42.7. The highest BCUT2D eigenvalue weighted by Crippen LogP contribution is 2.36. The summed E-state index contributed by atoms with van der Waals surface area (Å²) < 4.78 is 25.0. The number of H-pyrrole nitrogens is 2. The van der Waals surface area contributed by atoms with Crippen molar-refractivity contribution < 1.29 is 18.9 Å². The Hall–Kier alpha value is -9.68. The Morgan fingerprint density at radius 2 is 0.908 bits per heavy atom. The lowest BCUT2D eigenvalue weighted by atomic mass is 9.97. The van der Waals surface area contributed by atoms with E-state index in [2.05, 4.69) is 135 Å². The fourth-order valence-corrected chi connectivity index (χ4v) is 8.71. The van der Waals surface area contributed by atoms with Crippen molar-refractivity contribution >= 4 is 11.4 Å². The number of imidazole rings is 2. The Kier molecular flexibility index (Phi) is 16.7. The van der Waals surface area contributed by atoms with Crippen molar-refractivity contribution in [2.45, 2.75) is 60.2 Å². The average Bonchev–Trinajstić information content (AvgIpc) is 4.17. The first-order valence-electron chi connectivity index (χ1n) is 25.1. The van der Waals surface area contributed by atoms with Crippen LogP contribution in [0.4, 0.5) is 11.4 Å². The van der Waals surface area contributed by atoms with Crippen molar-refractivity contribution in [2.75, 3.05) is 0 Å². The highest BCUT2D eigenvalue weighted by atomic mass is 16.5. The number of aromatic nitrogens is 4. The van der Waals surface area contributed by atoms with Crippen LogP contribution in [0.5, 0.6) is 23.0 Å². The number of aryl methyl sites for hydroxylation is 1. The maximum atomic E-state index is 7.28. The third-order valence-electron chi connectivity index (χ3n) is 13.0. The maximum absolute atomic E-state index is 7.28. The molecular formula is C65H57N7O4. The molecule has 376 valence electrons. The molecule has 2 heterocycles. The lowest BCUT2D eigenvalue weighted by Crippen LogP contribution is -2.01. The minimum Gasteiger partial charge on any atom is -0.489 e. The number of hydrogen-bond donors (Lipinski definition) is 3. The van der Waals surface area contributed by atoms with Gasteiger partial charge in [0.1, 0.15) is 61.1 Å². The molecule has 2 aromatic heterocycles. The molecule has 0 aliphatic heterocycles. The highest BCUT2D eigenvalue weighted by molar-refractivity contribution is 5.70. The number of benzene rings is 8. The number of rotatable bonds is 18. The Morgan fingerprint density at radius 3 is 1.33 bits per heavy atom. The zero-order valence-corrected chi connectivity index (χ0v) is 42.7. The van der Waals surface area contributed by atoms with E-state index < -0.39 is 0 Å². The molecule has 0 amide bonds. The fourth-order valence-electron chi connectivity index (χ4n) is 8.71. The van der Waals surface area contributed by atoms with Gasteiger partial charge in [-0.2, -0.15) is 0 Å². The molecule has 0 saturated heterocycles. The normalized spacial score (nSPS) is 10.7. The van der Waals surface area contributed by atoms with Crippen LogP contribution < -0.4 is 24.7 Å². The van der Waals surface area contributed by atoms with Crippen molar-refractivity contribution in [3.63, 3.8) is 0 Å². The van der Waals surface area contributed by atoms with Crippen LogP contribution in [-0.4, -0.2) is 19.9 Å². The minimum absolute atomic E-state index is 0.308. The molecule has 0 radical (unpaired) electrons. The van der Waals surface area contributed by atoms with Crippen molar-refractivity contribution in [1.29, 1.82) is 0 Å². The minimum atomic E-state index is 0.308. The molecule has 0 unspecified atom stereocenters. The summed E-state index contributed by atoms with van der Waals surface area (Å²) in [7, 11) is 0. The van der Waals surface area contributed by atoms with Gasteiger partial charge < -0.3 is 34.6 Å². The molecule has 8 aromatic carbocycles. The van der Waals surface area contributed by atoms with E-state index in [0.29, 0.717) is 73.2 Å². The topological polar surface area (TPSA) is 129 Å². The fraction of sp³-hybridized carbons (Fsp3) is 0.138. The van der Waals surface area contributed by atoms with Gasteiger partial charge in [-0.3, -0.25) is 0 Å². The molecule has 4 N–H and O–H groups in total. The highest BCUT2D eigenvalue weighted by Gasteiger charge is 2.16. The molecule has 0 spiro atoms. The molecule has 11 nitrogen and oxygen atoms in total. The monoisotopic (exact) mass is 999 g/mol. The van der Waals surface area contributed by atoms with Gasteiger partial charge in [0, 0.05) is 42.5 Å². The van der Waals surface area contributed by atoms with Crippen molar-refractivity contribution in [3.8, 4) is 68.0 Å². The predicted octanol–water partition coefficient (Wildman–Crippen LogP) is 15.5. The third-order valence-corrected chi connectivity index (χ3v) is 13.0. The van der Waals surface area contributed by atoms with Crippen molar-refractivity contribution in [2.24, 2.45) is 5.73 Å². The Balaban J connectivity index is 0.000000186. The smallest absolute Gasteiger partial charge is 0.187 e. The summed E-state index contributed by atoms with van der Waals surface area (Å²) in [5.41, 5.74) is 21.8. The van der Waals surface area contributed by atoms with Crippen molar-refractivity contribution in [1.82, 2.24) is 19.9 Å². The average molecular weight is 1000 g/mol. The molecule has 0 aliphatic carbocycles. The van der Waals surface area contributed by atoms with Gasteiger partial charge in [-0.05, 0) is 112 Å². The van der Waals surface area contributed by atoms with Crippen LogP contribution in [0.3, 0.4) is 0 Å². The van der Waals surface area contributed by atoms with Crippen molar-refractivity contribution in [3.05, 3.63) is 262 Å². The van der Waals surface area contributed by atoms with Crippen LogP contribution in [0.2, 0.25) is 0 Å². The van der Waals surface area contributed by atoms with Gasteiger partial charge in [0.05, 0.1) is 24.3 Å². The van der Waals surface area contributed by atoms with Gasteiger partial charge in [0.15, 0.2) is 11.4 Å². The van der Waals surface area contributed by atoms with Gasteiger partial charge in [0.2, 0.25) is 0 Å². The summed E-state index contributed by atoms with van der Waals surface area (Å²) in [4.78, 5) is 22.7. The van der Waals surface area contributed by atoms with Crippen LogP contribution in [0.1, 0.15) is 51.7 Å².